The lowest BCUT2D eigenvalue weighted by atomic mass is 10.3. The van der Waals surface area contributed by atoms with Gasteiger partial charge in [0.2, 0.25) is 5.52 Å². The van der Waals surface area contributed by atoms with Gasteiger partial charge in [-0.3, -0.25) is 4.55 Å². The fraction of sp³-hybridized carbons (Fsp3) is 0.364. The van der Waals surface area contributed by atoms with Gasteiger partial charge in [-0.25, -0.2) is 0 Å². The molecule has 0 amide bonds. The third kappa shape index (κ3) is 3.82. The first-order chi connectivity index (χ1) is 8.90. The van der Waals surface area contributed by atoms with Crippen LogP contribution in [0, 0.1) is 0 Å². The molecule has 0 saturated heterocycles. The van der Waals surface area contributed by atoms with Crippen LogP contribution in [0.25, 0.3) is 10.2 Å². The number of aromatic nitrogens is 1. The Hall–Kier alpha value is -0.340. The van der Waals surface area contributed by atoms with Crippen LogP contribution in [0.2, 0.25) is 5.02 Å². The van der Waals surface area contributed by atoms with Crippen LogP contribution in [-0.4, -0.2) is 25.0 Å². The van der Waals surface area contributed by atoms with Gasteiger partial charge >= 0.3 is 0 Å². The minimum absolute atomic E-state index is 0.230. The predicted molar refractivity (Wildman–Crippen MR) is 79.8 cm³/mol. The molecule has 1 aromatic heterocycles. The van der Waals surface area contributed by atoms with E-state index in [9.17, 15) is 8.42 Å². The Morgan fingerprint density at radius 3 is 2.84 bits per heavy atom. The highest BCUT2D eigenvalue weighted by atomic mass is 35.5. The molecular weight excluding hydrogens is 326 g/mol. The van der Waals surface area contributed by atoms with Crippen molar-refractivity contribution in [3.8, 4) is 0 Å². The highest BCUT2D eigenvalue weighted by Gasteiger charge is 2.20. The Labute approximate surface area is 125 Å². The van der Waals surface area contributed by atoms with E-state index in [0.717, 1.165) is 14.6 Å². The monoisotopic (exact) mass is 338 g/mol. The van der Waals surface area contributed by atoms with Gasteiger partial charge in [0.15, 0.2) is 6.54 Å². The Balaban J connectivity index is 2.32. The molecular formula is C11H13ClNO3S3+. The molecule has 0 aliphatic carbocycles. The summed E-state index contributed by atoms with van der Waals surface area (Å²) in [5, 5.41) is 0.654. The van der Waals surface area contributed by atoms with Crippen molar-refractivity contribution in [2.45, 2.75) is 17.3 Å². The number of halogens is 1. The van der Waals surface area contributed by atoms with Crippen molar-refractivity contribution >= 4 is 55.0 Å². The first-order valence-corrected chi connectivity index (χ1v) is 9.54. The summed E-state index contributed by atoms with van der Waals surface area (Å²) in [6.45, 7) is 0.538. The largest absolute Gasteiger partial charge is 0.298 e. The van der Waals surface area contributed by atoms with Gasteiger partial charge in [0, 0.05) is 17.5 Å². The van der Waals surface area contributed by atoms with Gasteiger partial charge in [0.25, 0.3) is 14.5 Å². The molecule has 8 heteroatoms. The summed E-state index contributed by atoms with van der Waals surface area (Å²) in [5.74, 6) is -0.230. The van der Waals surface area contributed by atoms with Gasteiger partial charge < -0.3 is 0 Å². The van der Waals surface area contributed by atoms with Gasteiger partial charge in [-0.05, 0) is 30.2 Å². The molecule has 0 spiro atoms. The third-order valence-corrected chi connectivity index (χ3v) is 5.91. The molecule has 1 N–H and O–H groups in total. The first-order valence-electron chi connectivity index (χ1n) is 5.52. The Morgan fingerprint density at radius 1 is 1.47 bits per heavy atom. The zero-order valence-electron chi connectivity index (χ0n) is 10.2. The Bertz CT molecular complexity index is 697. The molecule has 2 aromatic rings. The van der Waals surface area contributed by atoms with E-state index in [2.05, 4.69) is 0 Å². The maximum Gasteiger partial charge on any atom is 0.298 e. The molecule has 0 radical (unpaired) electrons. The molecule has 0 aliphatic heterocycles. The third-order valence-electron chi connectivity index (χ3n) is 2.59. The molecule has 0 saturated carbocycles. The van der Waals surface area contributed by atoms with Crippen LogP contribution in [0.5, 0.6) is 0 Å². The normalized spacial score (nSPS) is 12.2. The number of thioether (sulfide) groups is 1. The van der Waals surface area contributed by atoms with E-state index in [1.165, 1.54) is 0 Å². The number of fused-ring (bicyclic) bond motifs is 1. The topological polar surface area (TPSA) is 58.2 Å². The van der Waals surface area contributed by atoms with E-state index < -0.39 is 10.1 Å². The number of aryl methyl sites for hydroxylation is 1. The van der Waals surface area contributed by atoms with E-state index >= 15 is 0 Å². The molecule has 0 atom stereocenters. The SMILES string of the molecule is CSc1sc2ccc(Cl)cc2[n+]1CCCS(=O)(=O)O. The minimum atomic E-state index is -3.90. The molecule has 104 valence electrons. The second kappa shape index (κ2) is 5.97. The smallest absolute Gasteiger partial charge is 0.286 e. The lowest BCUT2D eigenvalue weighted by molar-refractivity contribution is -0.701. The predicted octanol–water partition coefficient (Wildman–Crippen LogP) is 2.84. The van der Waals surface area contributed by atoms with Crippen molar-refractivity contribution < 1.29 is 17.5 Å². The summed E-state index contributed by atoms with van der Waals surface area (Å²) in [4.78, 5) is 0. The van der Waals surface area contributed by atoms with Crippen molar-refractivity contribution in [3.63, 3.8) is 0 Å². The van der Waals surface area contributed by atoms with Crippen LogP contribution in [-0.2, 0) is 16.7 Å². The summed E-state index contributed by atoms with van der Waals surface area (Å²) in [5.41, 5.74) is 0.997. The van der Waals surface area contributed by atoms with Crippen LogP contribution < -0.4 is 4.57 Å². The van der Waals surface area contributed by atoms with Crippen LogP contribution in [0.15, 0.2) is 22.5 Å². The van der Waals surface area contributed by atoms with Gasteiger partial charge in [-0.2, -0.15) is 13.0 Å². The quantitative estimate of drug-likeness (QED) is 0.517. The summed E-state index contributed by atoms with van der Waals surface area (Å²) in [6.07, 6.45) is 2.35. The van der Waals surface area contributed by atoms with Crippen molar-refractivity contribution in [1.82, 2.24) is 0 Å². The second-order valence-corrected chi connectivity index (χ2v) is 8.07. The van der Waals surface area contributed by atoms with Gasteiger partial charge in [0.05, 0.1) is 5.75 Å². The average molecular weight is 339 g/mol. The molecule has 1 aromatic carbocycles. The fourth-order valence-corrected chi connectivity index (χ4v) is 4.37. The summed E-state index contributed by atoms with van der Waals surface area (Å²) in [7, 11) is -3.90. The van der Waals surface area contributed by atoms with E-state index in [0.29, 0.717) is 18.0 Å². The number of benzene rings is 1. The van der Waals surface area contributed by atoms with Crippen LogP contribution in [0.4, 0.5) is 0 Å². The fourth-order valence-electron chi connectivity index (χ4n) is 1.80. The van der Waals surface area contributed by atoms with Gasteiger partial charge in [-0.1, -0.05) is 22.9 Å². The number of hydrogen-bond acceptors (Lipinski definition) is 4. The lowest BCUT2D eigenvalue weighted by Gasteiger charge is -1.97. The number of thiazole rings is 1. The second-order valence-electron chi connectivity index (χ2n) is 3.98. The zero-order valence-corrected chi connectivity index (χ0v) is 13.4. The highest BCUT2D eigenvalue weighted by Crippen LogP contribution is 2.28. The van der Waals surface area contributed by atoms with E-state index in [1.54, 1.807) is 23.1 Å². The maximum atomic E-state index is 10.8. The molecule has 1 heterocycles. The summed E-state index contributed by atoms with van der Waals surface area (Å²) >= 11 is 9.26. The van der Waals surface area contributed by atoms with E-state index in [-0.39, 0.29) is 5.75 Å². The number of nitrogens with zero attached hydrogens (tertiary/aromatic N) is 1. The average Bonchev–Trinajstić information content (AvgIpc) is 2.65. The first kappa shape index (κ1) is 15.1. The van der Waals surface area contributed by atoms with Gasteiger partial charge in [-0.15, -0.1) is 0 Å². The number of hydrogen-bond donors (Lipinski definition) is 1. The van der Waals surface area contributed by atoms with E-state index in [4.69, 9.17) is 16.2 Å². The van der Waals surface area contributed by atoms with Crippen LogP contribution in [0.3, 0.4) is 0 Å². The molecule has 2 rings (SSSR count). The molecule has 19 heavy (non-hydrogen) atoms. The van der Waals surface area contributed by atoms with Crippen molar-refractivity contribution in [2.24, 2.45) is 0 Å². The van der Waals surface area contributed by atoms with Crippen molar-refractivity contribution in [1.29, 1.82) is 0 Å². The van der Waals surface area contributed by atoms with E-state index in [1.807, 2.05) is 29.0 Å². The highest BCUT2D eigenvalue weighted by molar-refractivity contribution is 8.00. The Morgan fingerprint density at radius 2 is 2.21 bits per heavy atom. The molecule has 0 fully saturated rings. The Kier molecular flexibility index (Phi) is 4.73. The molecule has 4 nitrogen and oxygen atoms in total. The standard InChI is InChI=1S/C11H12ClNO3S3/c1-17-11-13(5-2-6-19(14,15)16)9-7-8(12)3-4-10(9)18-11/h3-4,7H,2,5-6H2,1H3/p+1. The molecule has 0 aliphatic rings. The van der Waals surface area contributed by atoms with Crippen molar-refractivity contribution in [3.05, 3.63) is 23.2 Å². The number of rotatable bonds is 5. The van der Waals surface area contributed by atoms with Crippen LogP contribution >= 0.6 is 34.7 Å². The maximum absolute atomic E-state index is 10.8. The minimum Gasteiger partial charge on any atom is -0.286 e. The zero-order chi connectivity index (χ0) is 14.0. The van der Waals surface area contributed by atoms with Crippen molar-refractivity contribution in [2.75, 3.05) is 12.0 Å². The lowest BCUT2D eigenvalue weighted by Crippen LogP contribution is -2.35. The molecule has 0 bridgehead atoms. The van der Waals surface area contributed by atoms with Gasteiger partial charge in [0.1, 0.15) is 4.70 Å². The summed E-state index contributed by atoms with van der Waals surface area (Å²) < 4.78 is 34.5. The molecule has 0 unspecified atom stereocenters. The summed E-state index contributed by atoms with van der Waals surface area (Å²) in [6, 6.07) is 5.68. The van der Waals surface area contributed by atoms with Crippen LogP contribution in [0.1, 0.15) is 6.42 Å².